The summed E-state index contributed by atoms with van der Waals surface area (Å²) >= 11 is 0. The lowest BCUT2D eigenvalue weighted by atomic mass is 10.2. The fourth-order valence-corrected chi connectivity index (χ4v) is 0.700. The molecule has 0 atom stereocenters. The number of aliphatic hydroxyl groups is 1. The Morgan fingerprint density at radius 1 is 1.30 bits per heavy atom. The maximum Gasteiger partial charge on any atom is 0.133 e. The van der Waals surface area contributed by atoms with E-state index in [1.807, 2.05) is 0 Å². The Bertz CT molecular complexity index is 76.0. The van der Waals surface area contributed by atoms with Crippen molar-refractivity contribution in [1.82, 2.24) is 5.32 Å². The Hall–Kier alpha value is -0.410. The molecule has 3 nitrogen and oxygen atoms in total. The van der Waals surface area contributed by atoms with E-state index in [1.165, 1.54) is 0 Å². The molecule has 0 fully saturated rings. The summed E-state index contributed by atoms with van der Waals surface area (Å²) in [7, 11) is 0. The minimum absolute atomic E-state index is 0.272. The van der Waals surface area contributed by atoms with Crippen molar-refractivity contribution >= 4 is 6.29 Å². The van der Waals surface area contributed by atoms with Crippen LogP contribution in [0.4, 0.5) is 0 Å². The molecule has 0 aliphatic carbocycles. The highest BCUT2D eigenvalue weighted by Gasteiger charge is 1.86. The summed E-state index contributed by atoms with van der Waals surface area (Å²) in [5.41, 5.74) is 0. The number of carbonyl (C=O) groups excluding carboxylic acids is 1. The standard InChI is InChI=1S/C7H15NO2/c9-6-3-1-2-4-8-5-7-10/h7-9H,1-6H2. The molecule has 0 radical (unpaired) electrons. The number of carbonyl (C=O) groups is 1. The number of hydrogen-bond donors (Lipinski definition) is 2. The van der Waals surface area contributed by atoms with Crippen LogP contribution in [-0.2, 0) is 4.79 Å². The molecule has 0 spiro atoms. The third kappa shape index (κ3) is 7.59. The van der Waals surface area contributed by atoms with E-state index in [9.17, 15) is 4.79 Å². The summed E-state index contributed by atoms with van der Waals surface area (Å²) in [5, 5.41) is 11.3. The molecule has 0 aromatic heterocycles. The van der Waals surface area contributed by atoms with Crippen LogP contribution in [0.15, 0.2) is 0 Å². The van der Waals surface area contributed by atoms with E-state index < -0.39 is 0 Å². The van der Waals surface area contributed by atoms with E-state index >= 15 is 0 Å². The minimum atomic E-state index is 0.272. The van der Waals surface area contributed by atoms with E-state index in [-0.39, 0.29) is 6.61 Å². The van der Waals surface area contributed by atoms with E-state index in [0.717, 1.165) is 32.1 Å². The van der Waals surface area contributed by atoms with Crippen molar-refractivity contribution < 1.29 is 9.90 Å². The second-order valence-corrected chi connectivity index (χ2v) is 2.16. The van der Waals surface area contributed by atoms with Crippen LogP contribution in [0.1, 0.15) is 19.3 Å². The van der Waals surface area contributed by atoms with Crippen molar-refractivity contribution in [3.8, 4) is 0 Å². The van der Waals surface area contributed by atoms with Crippen molar-refractivity contribution in [3.05, 3.63) is 0 Å². The van der Waals surface area contributed by atoms with Gasteiger partial charge < -0.3 is 15.2 Å². The molecule has 0 heterocycles. The fraction of sp³-hybridized carbons (Fsp3) is 0.857. The largest absolute Gasteiger partial charge is 0.396 e. The van der Waals surface area contributed by atoms with Crippen LogP contribution in [0, 0.1) is 0 Å². The van der Waals surface area contributed by atoms with Gasteiger partial charge in [-0.15, -0.1) is 0 Å². The van der Waals surface area contributed by atoms with Gasteiger partial charge in [-0.1, -0.05) is 0 Å². The van der Waals surface area contributed by atoms with Gasteiger partial charge >= 0.3 is 0 Å². The second kappa shape index (κ2) is 8.59. The van der Waals surface area contributed by atoms with E-state index in [1.54, 1.807) is 0 Å². The Morgan fingerprint density at radius 2 is 2.10 bits per heavy atom. The Morgan fingerprint density at radius 3 is 2.70 bits per heavy atom. The third-order valence-electron chi connectivity index (χ3n) is 1.24. The molecule has 3 heteroatoms. The van der Waals surface area contributed by atoms with E-state index in [4.69, 9.17) is 5.11 Å². The van der Waals surface area contributed by atoms with Gasteiger partial charge in [0, 0.05) is 6.61 Å². The highest BCUT2D eigenvalue weighted by atomic mass is 16.2. The summed E-state index contributed by atoms with van der Waals surface area (Å²) < 4.78 is 0. The molecule has 2 N–H and O–H groups in total. The molecule has 60 valence electrons. The zero-order valence-corrected chi connectivity index (χ0v) is 6.18. The summed E-state index contributed by atoms with van der Waals surface area (Å²) in [6, 6.07) is 0. The van der Waals surface area contributed by atoms with Crippen LogP contribution in [0.5, 0.6) is 0 Å². The zero-order valence-electron chi connectivity index (χ0n) is 6.18. The van der Waals surface area contributed by atoms with Gasteiger partial charge in [-0.3, -0.25) is 0 Å². The number of hydrogen-bond acceptors (Lipinski definition) is 3. The van der Waals surface area contributed by atoms with Crippen LogP contribution in [-0.4, -0.2) is 31.1 Å². The van der Waals surface area contributed by atoms with Gasteiger partial charge in [0.15, 0.2) is 0 Å². The molecule has 10 heavy (non-hydrogen) atoms. The molecule has 0 rings (SSSR count). The first kappa shape index (κ1) is 9.59. The van der Waals surface area contributed by atoms with Gasteiger partial charge in [0.2, 0.25) is 0 Å². The molecule has 0 aliphatic heterocycles. The Labute approximate surface area is 61.4 Å². The van der Waals surface area contributed by atoms with Crippen molar-refractivity contribution in [2.24, 2.45) is 0 Å². The van der Waals surface area contributed by atoms with Gasteiger partial charge in [0.05, 0.1) is 6.54 Å². The average molecular weight is 145 g/mol. The SMILES string of the molecule is O=CCNCCCCCO. The number of rotatable bonds is 7. The van der Waals surface area contributed by atoms with Crippen LogP contribution in [0.2, 0.25) is 0 Å². The topological polar surface area (TPSA) is 49.3 Å². The Kier molecular flexibility index (Phi) is 8.24. The quantitative estimate of drug-likeness (QED) is 0.389. The molecule has 0 bridgehead atoms. The molecular formula is C7H15NO2. The van der Waals surface area contributed by atoms with Crippen LogP contribution in [0.3, 0.4) is 0 Å². The lowest BCUT2D eigenvalue weighted by Gasteiger charge is -1.98. The third-order valence-corrected chi connectivity index (χ3v) is 1.24. The summed E-state index contributed by atoms with van der Waals surface area (Å²) in [4.78, 5) is 9.79. The lowest BCUT2D eigenvalue weighted by Crippen LogP contribution is -2.17. The monoisotopic (exact) mass is 145 g/mol. The number of unbranched alkanes of at least 4 members (excludes halogenated alkanes) is 2. The normalized spacial score (nSPS) is 9.70. The first-order chi connectivity index (χ1) is 4.91. The first-order valence-corrected chi connectivity index (χ1v) is 3.67. The van der Waals surface area contributed by atoms with Gasteiger partial charge in [-0.2, -0.15) is 0 Å². The Balaban J connectivity index is 2.70. The van der Waals surface area contributed by atoms with Crippen LogP contribution in [0.25, 0.3) is 0 Å². The summed E-state index contributed by atoms with van der Waals surface area (Å²) in [6.07, 6.45) is 3.78. The van der Waals surface area contributed by atoms with Crippen molar-refractivity contribution in [2.75, 3.05) is 19.7 Å². The fourth-order valence-electron chi connectivity index (χ4n) is 0.700. The van der Waals surface area contributed by atoms with Crippen LogP contribution >= 0.6 is 0 Å². The molecule has 0 aromatic rings. The molecular weight excluding hydrogens is 130 g/mol. The highest BCUT2D eigenvalue weighted by Crippen LogP contribution is 1.90. The summed E-state index contributed by atoms with van der Waals surface area (Å²) in [5.74, 6) is 0. The zero-order chi connectivity index (χ0) is 7.66. The van der Waals surface area contributed by atoms with E-state index in [0.29, 0.717) is 6.54 Å². The predicted molar refractivity (Wildman–Crippen MR) is 39.9 cm³/mol. The van der Waals surface area contributed by atoms with Gasteiger partial charge in [-0.05, 0) is 25.8 Å². The highest BCUT2D eigenvalue weighted by molar-refractivity contribution is 5.51. The number of aldehydes is 1. The van der Waals surface area contributed by atoms with Crippen molar-refractivity contribution in [3.63, 3.8) is 0 Å². The molecule has 0 unspecified atom stereocenters. The maximum atomic E-state index is 9.79. The minimum Gasteiger partial charge on any atom is -0.396 e. The lowest BCUT2D eigenvalue weighted by molar-refractivity contribution is -0.107. The predicted octanol–water partition coefficient (Wildman–Crippen LogP) is -0.0625. The first-order valence-electron chi connectivity index (χ1n) is 3.67. The summed E-state index contributed by atoms with van der Waals surface area (Å²) in [6.45, 7) is 1.59. The van der Waals surface area contributed by atoms with E-state index in [2.05, 4.69) is 5.32 Å². The number of nitrogens with one attached hydrogen (secondary N) is 1. The second-order valence-electron chi connectivity index (χ2n) is 2.16. The molecule has 0 aliphatic rings. The smallest absolute Gasteiger partial charge is 0.133 e. The van der Waals surface area contributed by atoms with Crippen molar-refractivity contribution in [1.29, 1.82) is 0 Å². The van der Waals surface area contributed by atoms with Gasteiger partial charge in [0.1, 0.15) is 6.29 Å². The van der Waals surface area contributed by atoms with Gasteiger partial charge in [-0.25, -0.2) is 0 Å². The number of aliphatic hydroxyl groups excluding tert-OH is 1. The molecule has 0 aromatic carbocycles. The molecule has 0 saturated carbocycles. The van der Waals surface area contributed by atoms with Crippen LogP contribution < -0.4 is 5.32 Å². The molecule has 0 amide bonds. The molecule has 0 saturated heterocycles. The maximum absolute atomic E-state index is 9.79. The van der Waals surface area contributed by atoms with Gasteiger partial charge in [0.25, 0.3) is 0 Å². The average Bonchev–Trinajstić information content (AvgIpc) is 1.97. The van der Waals surface area contributed by atoms with Crippen molar-refractivity contribution in [2.45, 2.75) is 19.3 Å².